The van der Waals surface area contributed by atoms with Gasteiger partial charge in [-0.3, -0.25) is 4.79 Å². The van der Waals surface area contributed by atoms with Gasteiger partial charge in [-0.05, 0) is 62.9 Å². The average molecular weight is 563 g/mol. The number of hydrogen-bond acceptors (Lipinski definition) is 6. The van der Waals surface area contributed by atoms with E-state index in [1.165, 1.54) is 12.8 Å². The first-order chi connectivity index (χ1) is 20.4. The lowest BCUT2D eigenvalue weighted by atomic mass is 9.93. The molecule has 2 bridgehead atoms. The first-order valence-corrected chi connectivity index (χ1v) is 15.1. The van der Waals surface area contributed by atoms with Gasteiger partial charge in [0.25, 0.3) is 0 Å². The first kappa shape index (κ1) is 26.9. The van der Waals surface area contributed by atoms with E-state index in [0.29, 0.717) is 35.8 Å². The lowest BCUT2D eigenvalue weighted by Crippen LogP contribution is -2.58. The number of anilines is 1. The van der Waals surface area contributed by atoms with Crippen molar-refractivity contribution in [3.63, 3.8) is 0 Å². The van der Waals surface area contributed by atoms with Gasteiger partial charge in [0.05, 0.1) is 22.3 Å². The zero-order valence-corrected chi connectivity index (χ0v) is 24.4. The van der Waals surface area contributed by atoms with Crippen LogP contribution in [0.3, 0.4) is 0 Å². The molecule has 7 nitrogen and oxygen atoms in total. The lowest BCUT2D eigenvalue weighted by Gasteiger charge is -2.44. The molecule has 3 fully saturated rings. The third-order valence-corrected chi connectivity index (χ3v) is 9.61. The molecule has 0 saturated carbocycles. The van der Waals surface area contributed by atoms with Crippen LogP contribution in [0, 0.1) is 12.3 Å². The number of nitrogens with one attached hydrogen (secondary N) is 1. The van der Waals surface area contributed by atoms with Crippen molar-refractivity contribution in [2.75, 3.05) is 38.2 Å². The molecule has 1 aromatic heterocycles. The van der Waals surface area contributed by atoms with E-state index < -0.39 is 0 Å². The second kappa shape index (κ2) is 10.7. The van der Waals surface area contributed by atoms with Crippen LogP contribution in [0.4, 0.5) is 5.69 Å². The second-order valence-electron chi connectivity index (χ2n) is 12.3. The molecule has 3 atom stereocenters. The standard InChI is InChI=1S/C35H38N4O3/c1-4-22-8-5-9-23-14-27(40)15-29(34(22)23)30-18-33(41)35-31(38(30)3)16-28(42-21-26-12-7-13-37(26)2)17-32(35)39-19-24-10-6-11-25(20-39)36-24/h1,5,8-9,14-18,24-26,36,40H,6-7,10-13,19-21H2,2-3H3/t24?,25?,26-/m0/s1. The molecule has 7 heteroatoms. The number of phenols is 1. The fraction of sp³-hybridized carbons (Fsp3) is 0.400. The molecule has 0 radical (unpaired) electrons. The Morgan fingerprint density at radius 2 is 1.83 bits per heavy atom. The number of rotatable bonds is 5. The van der Waals surface area contributed by atoms with Gasteiger partial charge in [0.1, 0.15) is 18.1 Å². The Kier molecular flexibility index (Phi) is 6.84. The van der Waals surface area contributed by atoms with Crippen LogP contribution in [0.25, 0.3) is 32.9 Å². The maximum atomic E-state index is 14.1. The fourth-order valence-corrected chi connectivity index (χ4v) is 7.44. The fourth-order valence-electron chi connectivity index (χ4n) is 7.44. The van der Waals surface area contributed by atoms with Gasteiger partial charge >= 0.3 is 0 Å². The summed E-state index contributed by atoms with van der Waals surface area (Å²) in [4.78, 5) is 18.9. The van der Waals surface area contributed by atoms with Gasteiger partial charge in [-0.1, -0.05) is 24.5 Å². The smallest absolute Gasteiger partial charge is 0.192 e. The number of piperidine rings is 1. The number of fused-ring (bicyclic) bond motifs is 4. The third kappa shape index (κ3) is 4.69. The molecule has 7 rings (SSSR count). The Morgan fingerprint density at radius 3 is 2.57 bits per heavy atom. The number of aromatic nitrogens is 1. The van der Waals surface area contributed by atoms with E-state index in [1.807, 2.05) is 31.3 Å². The topological polar surface area (TPSA) is 70.0 Å². The van der Waals surface area contributed by atoms with E-state index in [2.05, 4.69) is 38.7 Å². The summed E-state index contributed by atoms with van der Waals surface area (Å²) in [5.74, 6) is 3.70. The van der Waals surface area contributed by atoms with Crippen molar-refractivity contribution in [1.82, 2.24) is 14.8 Å². The van der Waals surface area contributed by atoms with Crippen molar-refractivity contribution in [2.45, 2.75) is 50.2 Å². The molecular weight excluding hydrogens is 524 g/mol. The van der Waals surface area contributed by atoms with E-state index in [1.54, 1.807) is 18.2 Å². The van der Waals surface area contributed by atoms with Gasteiger partial charge in [-0.15, -0.1) is 6.42 Å². The summed E-state index contributed by atoms with van der Waals surface area (Å²) in [7, 11) is 4.14. The predicted molar refractivity (Wildman–Crippen MR) is 170 cm³/mol. The lowest BCUT2D eigenvalue weighted by molar-refractivity contribution is 0.198. The second-order valence-corrected chi connectivity index (χ2v) is 12.3. The number of likely N-dealkylation sites (tertiary alicyclic amines) is 1. The highest BCUT2D eigenvalue weighted by atomic mass is 16.5. The summed E-state index contributed by atoms with van der Waals surface area (Å²) in [5.41, 5.74) is 3.86. The Bertz CT molecular complexity index is 1780. The van der Waals surface area contributed by atoms with Gasteiger partial charge in [0.15, 0.2) is 5.43 Å². The number of hydrogen-bond donors (Lipinski definition) is 2. The number of aryl methyl sites for hydroxylation is 1. The number of piperazine rings is 1. The molecule has 0 aliphatic carbocycles. The molecule has 3 aromatic carbocycles. The molecular formula is C35H38N4O3. The van der Waals surface area contributed by atoms with Crippen LogP contribution in [0.1, 0.15) is 37.7 Å². The van der Waals surface area contributed by atoms with Gasteiger partial charge in [0, 0.05) is 73.0 Å². The van der Waals surface area contributed by atoms with E-state index >= 15 is 0 Å². The van der Waals surface area contributed by atoms with Gasteiger partial charge in [-0.2, -0.15) is 0 Å². The maximum Gasteiger partial charge on any atom is 0.192 e. The monoisotopic (exact) mass is 562 g/mol. The molecule has 4 heterocycles. The molecule has 3 aliphatic heterocycles. The van der Waals surface area contributed by atoms with E-state index in [0.717, 1.165) is 77.7 Å². The maximum absolute atomic E-state index is 14.1. The number of nitrogens with zero attached hydrogens (tertiary/aromatic N) is 3. The summed E-state index contributed by atoms with van der Waals surface area (Å²) >= 11 is 0. The predicted octanol–water partition coefficient (Wildman–Crippen LogP) is 4.85. The minimum absolute atomic E-state index is 0.0476. The summed E-state index contributed by atoms with van der Waals surface area (Å²) in [6.45, 7) is 3.45. The van der Waals surface area contributed by atoms with Crippen LogP contribution < -0.4 is 20.4 Å². The van der Waals surface area contributed by atoms with Crippen LogP contribution in [0.15, 0.2) is 53.3 Å². The number of phenolic OH excluding ortho intramolecular Hbond substituents is 1. The van der Waals surface area contributed by atoms with Crippen LogP contribution in [0.5, 0.6) is 11.5 Å². The molecule has 0 amide bonds. The molecule has 3 saturated heterocycles. The van der Waals surface area contributed by atoms with Crippen molar-refractivity contribution in [2.24, 2.45) is 7.05 Å². The summed E-state index contributed by atoms with van der Waals surface area (Å²) in [6.07, 6.45) is 11.8. The van der Waals surface area contributed by atoms with Crippen molar-refractivity contribution in [3.8, 4) is 35.1 Å². The Balaban J connectivity index is 1.42. The first-order valence-electron chi connectivity index (χ1n) is 15.1. The molecule has 0 spiro atoms. The third-order valence-electron chi connectivity index (χ3n) is 9.61. The molecule has 42 heavy (non-hydrogen) atoms. The molecule has 216 valence electrons. The van der Waals surface area contributed by atoms with Crippen LogP contribution in [-0.2, 0) is 7.05 Å². The summed E-state index contributed by atoms with van der Waals surface area (Å²) < 4.78 is 8.55. The van der Waals surface area contributed by atoms with Crippen molar-refractivity contribution in [3.05, 3.63) is 64.3 Å². The van der Waals surface area contributed by atoms with Gasteiger partial charge in [0.2, 0.25) is 0 Å². The van der Waals surface area contributed by atoms with Crippen LogP contribution in [-0.4, -0.2) is 66.0 Å². The minimum Gasteiger partial charge on any atom is -0.508 e. The Morgan fingerprint density at radius 1 is 1.02 bits per heavy atom. The highest BCUT2D eigenvalue weighted by molar-refractivity contribution is 6.03. The van der Waals surface area contributed by atoms with Crippen molar-refractivity contribution in [1.29, 1.82) is 0 Å². The SMILES string of the molecule is C#Cc1cccc2cc(O)cc(-c3cc(=O)c4c(N5CC6CCCC(C5)N6)cc(OC[C@@H]5CCCN5C)cc4n3C)c12. The minimum atomic E-state index is -0.0476. The quantitative estimate of drug-likeness (QED) is 0.339. The van der Waals surface area contributed by atoms with Crippen molar-refractivity contribution < 1.29 is 9.84 Å². The zero-order valence-electron chi connectivity index (χ0n) is 24.4. The number of aromatic hydroxyl groups is 1. The average Bonchev–Trinajstić information content (AvgIpc) is 3.40. The number of ether oxygens (including phenoxy) is 1. The van der Waals surface area contributed by atoms with Crippen molar-refractivity contribution >= 4 is 27.4 Å². The zero-order chi connectivity index (χ0) is 29.0. The number of benzene rings is 3. The highest BCUT2D eigenvalue weighted by Gasteiger charge is 2.32. The van der Waals surface area contributed by atoms with Gasteiger partial charge < -0.3 is 29.5 Å². The Hall–Kier alpha value is -3.99. The van der Waals surface area contributed by atoms with Crippen LogP contribution >= 0.6 is 0 Å². The number of terminal acetylenes is 1. The largest absolute Gasteiger partial charge is 0.508 e. The van der Waals surface area contributed by atoms with E-state index in [9.17, 15) is 9.90 Å². The molecule has 2 N–H and O–H groups in total. The van der Waals surface area contributed by atoms with Crippen LogP contribution in [0.2, 0.25) is 0 Å². The Labute approximate surface area is 246 Å². The summed E-state index contributed by atoms with van der Waals surface area (Å²) in [5, 5.41) is 16.8. The summed E-state index contributed by atoms with van der Waals surface area (Å²) in [6, 6.07) is 16.2. The molecule has 4 aromatic rings. The van der Waals surface area contributed by atoms with E-state index in [4.69, 9.17) is 11.2 Å². The number of likely N-dealkylation sites (N-methyl/N-ethyl adjacent to an activating group) is 1. The number of pyridine rings is 1. The highest BCUT2D eigenvalue weighted by Crippen LogP contribution is 2.38. The molecule has 3 aliphatic rings. The van der Waals surface area contributed by atoms with E-state index in [-0.39, 0.29) is 11.2 Å². The normalized spacial score (nSPS) is 22.5. The van der Waals surface area contributed by atoms with Gasteiger partial charge in [-0.25, -0.2) is 0 Å². The molecule has 2 unspecified atom stereocenters.